The molecule has 9 heteroatoms. The maximum atomic E-state index is 12.7. The molecule has 3 N–H and O–H groups in total. The monoisotopic (exact) mass is 436 g/mol. The highest BCUT2D eigenvalue weighted by molar-refractivity contribution is 14.1. The number of fused-ring (bicyclic) bond motifs is 1. The lowest BCUT2D eigenvalue weighted by molar-refractivity contribution is 0.00560. The molecular weight excluding hydrogens is 423 g/mol. The van der Waals surface area contributed by atoms with Gasteiger partial charge in [0.1, 0.15) is 0 Å². The van der Waals surface area contributed by atoms with Gasteiger partial charge in [0.05, 0.1) is 11.6 Å². The van der Waals surface area contributed by atoms with Crippen molar-refractivity contribution in [3.8, 4) is 5.82 Å². The summed E-state index contributed by atoms with van der Waals surface area (Å²) in [4.78, 5) is 22.3. The molecule has 0 unspecified atom stereocenters. The molecule has 0 saturated carbocycles. The number of benzene rings is 1. The topological polar surface area (TPSA) is 110 Å². The van der Waals surface area contributed by atoms with Crippen LogP contribution in [0.15, 0.2) is 30.5 Å². The first kappa shape index (κ1) is 15.3. The number of β-amino-alcohol motifs (C(OH)–C–C–N with tert-alkyl or cyclic N) is 1. The highest BCUT2D eigenvalue weighted by Crippen LogP contribution is 2.26. The lowest BCUT2D eigenvalue weighted by Crippen LogP contribution is -2.53. The third-order valence-corrected chi connectivity index (χ3v) is 4.54. The zero-order chi connectivity index (χ0) is 16.8. The van der Waals surface area contributed by atoms with E-state index >= 15 is 0 Å². The standard InChI is InChI=1S/C15H13IN6O2/c16-8-1-2-10-11(5-8)22(12-3-4-18-15(17)19-12)20-13(10)14(24)21-6-9(23)7-21/h1-5,9,23H,6-7H2,(H2,17,18,19). The Morgan fingerprint density at radius 1 is 1.33 bits per heavy atom. The maximum Gasteiger partial charge on any atom is 0.275 e. The van der Waals surface area contributed by atoms with Gasteiger partial charge in [-0.2, -0.15) is 10.1 Å². The van der Waals surface area contributed by atoms with Gasteiger partial charge in [0, 0.05) is 34.3 Å². The summed E-state index contributed by atoms with van der Waals surface area (Å²) in [6, 6.07) is 7.41. The highest BCUT2D eigenvalue weighted by Gasteiger charge is 2.32. The maximum absolute atomic E-state index is 12.7. The molecule has 24 heavy (non-hydrogen) atoms. The third-order valence-electron chi connectivity index (χ3n) is 3.87. The fourth-order valence-corrected chi connectivity index (χ4v) is 3.15. The summed E-state index contributed by atoms with van der Waals surface area (Å²) in [5.41, 5.74) is 6.77. The first-order valence-electron chi connectivity index (χ1n) is 7.27. The first-order valence-corrected chi connectivity index (χ1v) is 8.35. The van der Waals surface area contributed by atoms with Gasteiger partial charge < -0.3 is 15.7 Å². The summed E-state index contributed by atoms with van der Waals surface area (Å²) in [7, 11) is 0. The van der Waals surface area contributed by atoms with E-state index in [1.807, 2.05) is 18.2 Å². The molecule has 3 aromatic rings. The first-order chi connectivity index (χ1) is 11.5. The van der Waals surface area contributed by atoms with Gasteiger partial charge in [0.15, 0.2) is 11.5 Å². The van der Waals surface area contributed by atoms with E-state index in [9.17, 15) is 9.90 Å². The van der Waals surface area contributed by atoms with Crippen molar-refractivity contribution in [1.29, 1.82) is 0 Å². The number of hydrogen-bond acceptors (Lipinski definition) is 6. The number of anilines is 1. The van der Waals surface area contributed by atoms with Crippen LogP contribution < -0.4 is 5.73 Å². The minimum Gasteiger partial charge on any atom is -0.389 e. The number of nitrogens with two attached hydrogens (primary N) is 1. The molecule has 4 rings (SSSR count). The fraction of sp³-hybridized carbons (Fsp3) is 0.200. The number of likely N-dealkylation sites (tertiary alicyclic amines) is 1. The van der Waals surface area contributed by atoms with Gasteiger partial charge in [-0.3, -0.25) is 4.79 Å². The number of nitrogens with zero attached hydrogens (tertiary/aromatic N) is 5. The van der Waals surface area contributed by atoms with Gasteiger partial charge in [0.2, 0.25) is 5.95 Å². The number of halogens is 1. The smallest absolute Gasteiger partial charge is 0.275 e. The van der Waals surface area contributed by atoms with Crippen LogP contribution in [0, 0.1) is 3.57 Å². The minimum absolute atomic E-state index is 0.139. The number of carbonyl (C=O) groups is 1. The molecule has 1 aromatic carbocycles. The quantitative estimate of drug-likeness (QED) is 0.576. The molecule has 0 aliphatic carbocycles. The van der Waals surface area contributed by atoms with Gasteiger partial charge in [-0.15, -0.1) is 0 Å². The Balaban J connectivity index is 1.88. The Labute approximate surface area is 150 Å². The lowest BCUT2D eigenvalue weighted by atomic mass is 10.1. The SMILES string of the molecule is Nc1nccc(-n2nc(C(=O)N3CC(O)C3)c3ccc(I)cc32)n1. The van der Waals surface area contributed by atoms with Crippen molar-refractivity contribution in [3.63, 3.8) is 0 Å². The molecular formula is C15H13IN6O2. The molecule has 0 bridgehead atoms. The summed E-state index contributed by atoms with van der Waals surface area (Å²) in [5.74, 6) is 0.435. The summed E-state index contributed by atoms with van der Waals surface area (Å²) >= 11 is 2.20. The Kier molecular flexibility index (Phi) is 3.61. The summed E-state index contributed by atoms with van der Waals surface area (Å²) in [6.07, 6.45) is 1.09. The predicted octanol–water partition coefficient (Wildman–Crippen LogP) is 0.819. The van der Waals surface area contributed by atoms with Gasteiger partial charge in [0.25, 0.3) is 5.91 Å². The van der Waals surface area contributed by atoms with Crippen molar-refractivity contribution >= 4 is 45.3 Å². The average molecular weight is 436 g/mol. The number of amides is 1. The number of aliphatic hydroxyl groups is 1. The van der Waals surface area contributed by atoms with Crippen LogP contribution in [-0.4, -0.2) is 54.9 Å². The van der Waals surface area contributed by atoms with Crippen molar-refractivity contribution < 1.29 is 9.90 Å². The molecule has 3 heterocycles. The van der Waals surface area contributed by atoms with Crippen LogP contribution in [0.2, 0.25) is 0 Å². The molecule has 0 atom stereocenters. The highest BCUT2D eigenvalue weighted by atomic mass is 127. The lowest BCUT2D eigenvalue weighted by Gasteiger charge is -2.35. The molecule has 8 nitrogen and oxygen atoms in total. The Morgan fingerprint density at radius 2 is 2.12 bits per heavy atom. The number of aliphatic hydroxyl groups excluding tert-OH is 1. The summed E-state index contributed by atoms with van der Waals surface area (Å²) in [6.45, 7) is 0.663. The fourth-order valence-electron chi connectivity index (χ4n) is 2.67. The average Bonchev–Trinajstić information content (AvgIpc) is 2.90. The molecule has 1 fully saturated rings. The van der Waals surface area contributed by atoms with Crippen LogP contribution in [0.25, 0.3) is 16.7 Å². The van der Waals surface area contributed by atoms with E-state index in [1.165, 1.54) is 0 Å². The third kappa shape index (κ3) is 2.49. The normalized spacial score (nSPS) is 14.8. The summed E-state index contributed by atoms with van der Waals surface area (Å²) < 4.78 is 2.61. The molecule has 122 valence electrons. The van der Waals surface area contributed by atoms with Crippen LogP contribution in [-0.2, 0) is 0 Å². The second-order valence-corrected chi connectivity index (χ2v) is 6.80. The number of carbonyl (C=O) groups excluding carboxylic acids is 1. The van der Waals surface area contributed by atoms with Crippen LogP contribution >= 0.6 is 22.6 Å². The molecule has 1 aliphatic rings. The zero-order valence-corrected chi connectivity index (χ0v) is 14.6. The number of aromatic nitrogens is 4. The zero-order valence-electron chi connectivity index (χ0n) is 12.4. The van der Waals surface area contributed by atoms with E-state index in [2.05, 4.69) is 37.7 Å². The van der Waals surface area contributed by atoms with Crippen LogP contribution in [0.5, 0.6) is 0 Å². The largest absolute Gasteiger partial charge is 0.389 e. The summed E-state index contributed by atoms with van der Waals surface area (Å²) in [5, 5.41) is 14.6. The number of rotatable bonds is 2. The van der Waals surface area contributed by atoms with Crippen molar-refractivity contribution in [2.24, 2.45) is 0 Å². The Morgan fingerprint density at radius 3 is 2.83 bits per heavy atom. The molecule has 1 aliphatic heterocycles. The van der Waals surface area contributed by atoms with Gasteiger partial charge in [-0.1, -0.05) is 0 Å². The molecule has 2 aromatic heterocycles. The van der Waals surface area contributed by atoms with E-state index < -0.39 is 6.10 Å². The van der Waals surface area contributed by atoms with Crippen LogP contribution in [0.1, 0.15) is 10.5 Å². The van der Waals surface area contributed by atoms with E-state index in [4.69, 9.17) is 5.73 Å². The van der Waals surface area contributed by atoms with Gasteiger partial charge in [-0.25, -0.2) is 9.67 Å². The number of hydrogen-bond donors (Lipinski definition) is 2. The molecule has 0 radical (unpaired) electrons. The number of nitrogen functional groups attached to an aromatic ring is 1. The van der Waals surface area contributed by atoms with E-state index in [-0.39, 0.29) is 11.9 Å². The van der Waals surface area contributed by atoms with E-state index in [0.717, 1.165) is 14.5 Å². The van der Waals surface area contributed by atoms with Crippen molar-refractivity contribution in [1.82, 2.24) is 24.6 Å². The molecule has 0 spiro atoms. The Bertz CT molecular complexity index is 950. The van der Waals surface area contributed by atoms with Crippen molar-refractivity contribution in [2.45, 2.75) is 6.10 Å². The van der Waals surface area contributed by atoms with Crippen molar-refractivity contribution in [2.75, 3.05) is 18.8 Å². The van der Waals surface area contributed by atoms with E-state index in [0.29, 0.717) is 24.6 Å². The van der Waals surface area contributed by atoms with Crippen LogP contribution in [0.3, 0.4) is 0 Å². The van der Waals surface area contributed by atoms with Gasteiger partial charge in [-0.05, 0) is 40.8 Å². The van der Waals surface area contributed by atoms with Crippen molar-refractivity contribution in [3.05, 3.63) is 39.7 Å². The molecule has 1 amide bonds. The molecule has 1 saturated heterocycles. The van der Waals surface area contributed by atoms with E-state index in [1.54, 1.807) is 21.8 Å². The minimum atomic E-state index is -0.454. The second-order valence-electron chi connectivity index (χ2n) is 5.56. The van der Waals surface area contributed by atoms with Crippen LogP contribution in [0.4, 0.5) is 5.95 Å². The second kappa shape index (κ2) is 5.67. The Hall–Kier alpha value is -2.27. The van der Waals surface area contributed by atoms with Gasteiger partial charge >= 0.3 is 0 Å². The predicted molar refractivity (Wildman–Crippen MR) is 95.7 cm³/mol.